The summed E-state index contributed by atoms with van der Waals surface area (Å²) >= 11 is 0. The fourth-order valence-corrected chi connectivity index (χ4v) is 3.04. The van der Waals surface area contributed by atoms with Crippen molar-refractivity contribution in [3.05, 3.63) is 45.1 Å². The quantitative estimate of drug-likeness (QED) is 0.742. The van der Waals surface area contributed by atoms with E-state index in [1.54, 1.807) is 39.0 Å². The monoisotopic (exact) mass is 356 g/mol. The third-order valence-electron chi connectivity index (χ3n) is 4.63. The molecule has 0 fully saturated rings. The van der Waals surface area contributed by atoms with Gasteiger partial charge in [-0.2, -0.15) is 0 Å². The van der Waals surface area contributed by atoms with Crippen LogP contribution in [-0.4, -0.2) is 24.4 Å². The van der Waals surface area contributed by atoms with Crippen LogP contribution in [0, 0.1) is 20.8 Å². The first-order valence-corrected chi connectivity index (χ1v) is 8.02. The average molecular weight is 356 g/mol. The molecule has 2 N–H and O–H groups in total. The van der Waals surface area contributed by atoms with Gasteiger partial charge in [0.1, 0.15) is 28.2 Å². The van der Waals surface area contributed by atoms with Crippen molar-refractivity contribution in [3.63, 3.8) is 0 Å². The van der Waals surface area contributed by atoms with E-state index in [1.807, 2.05) is 0 Å². The van der Waals surface area contributed by atoms with E-state index in [-0.39, 0.29) is 33.5 Å². The molecule has 0 unspecified atom stereocenters. The molecule has 0 atom stereocenters. The SMILES string of the molecule is COc1ccc(-c2oc3c(C)c(O)c(C)c(O)c3c(=O)c2C)cc1OC. The molecule has 3 rings (SSSR count). The number of methoxy groups -OCH3 is 2. The van der Waals surface area contributed by atoms with Crippen molar-refractivity contribution in [2.24, 2.45) is 0 Å². The summed E-state index contributed by atoms with van der Waals surface area (Å²) in [4.78, 5) is 12.9. The number of fused-ring (bicyclic) bond motifs is 1. The second-order valence-corrected chi connectivity index (χ2v) is 6.11. The summed E-state index contributed by atoms with van der Waals surface area (Å²) in [5.41, 5.74) is 1.43. The highest BCUT2D eigenvalue weighted by Crippen LogP contribution is 2.40. The maximum Gasteiger partial charge on any atom is 0.200 e. The Morgan fingerprint density at radius 3 is 2.15 bits per heavy atom. The number of benzene rings is 2. The van der Waals surface area contributed by atoms with Gasteiger partial charge in [-0.25, -0.2) is 0 Å². The predicted octanol–water partition coefficient (Wildman–Crippen LogP) is 3.81. The smallest absolute Gasteiger partial charge is 0.200 e. The summed E-state index contributed by atoms with van der Waals surface area (Å²) in [5.74, 6) is 1.03. The van der Waals surface area contributed by atoms with E-state index in [9.17, 15) is 15.0 Å². The van der Waals surface area contributed by atoms with Crippen LogP contribution in [0.5, 0.6) is 23.0 Å². The summed E-state index contributed by atoms with van der Waals surface area (Å²) in [6.07, 6.45) is 0. The Morgan fingerprint density at radius 1 is 0.885 bits per heavy atom. The molecule has 1 heterocycles. The van der Waals surface area contributed by atoms with Crippen LogP contribution >= 0.6 is 0 Å². The van der Waals surface area contributed by atoms with E-state index in [4.69, 9.17) is 13.9 Å². The Bertz CT molecular complexity index is 1080. The van der Waals surface area contributed by atoms with Crippen molar-refractivity contribution < 1.29 is 24.1 Å². The zero-order valence-electron chi connectivity index (χ0n) is 15.3. The van der Waals surface area contributed by atoms with Gasteiger partial charge >= 0.3 is 0 Å². The maximum absolute atomic E-state index is 12.9. The summed E-state index contributed by atoms with van der Waals surface area (Å²) in [5, 5.41) is 20.6. The van der Waals surface area contributed by atoms with Crippen molar-refractivity contribution in [3.8, 4) is 34.3 Å². The summed E-state index contributed by atoms with van der Waals surface area (Å²) in [6.45, 7) is 4.82. The molecule has 0 saturated carbocycles. The molecule has 0 saturated heterocycles. The summed E-state index contributed by atoms with van der Waals surface area (Å²) < 4.78 is 16.5. The van der Waals surface area contributed by atoms with Gasteiger partial charge in [-0.05, 0) is 39.0 Å². The normalized spacial score (nSPS) is 11.0. The predicted molar refractivity (Wildman–Crippen MR) is 98.6 cm³/mol. The number of ether oxygens (including phenoxy) is 2. The van der Waals surface area contributed by atoms with Crippen molar-refractivity contribution >= 4 is 11.0 Å². The number of aryl methyl sites for hydroxylation is 1. The molecule has 6 nitrogen and oxygen atoms in total. The minimum Gasteiger partial charge on any atom is -0.507 e. The molecule has 2 aromatic carbocycles. The van der Waals surface area contributed by atoms with Gasteiger partial charge in [-0.3, -0.25) is 4.79 Å². The highest BCUT2D eigenvalue weighted by Gasteiger charge is 2.22. The van der Waals surface area contributed by atoms with Crippen molar-refractivity contribution in [1.82, 2.24) is 0 Å². The highest BCUT2D eigenvalue weighted by molar-refractivity contribution is 5.91. The van der Waals surface area contributed by atoms with Gasteiger partial charge < -0.3 is 24.1 Å². The summed E-state index contributed by atoms with van der Waals surface area (Å²) in [6, 6.07) is 5.18. The van der Waals surface area contributed by atoms with Crippen LogP contribution in [0.15, 0.2) is 27.4 Å². The zero-order valence-corrected chi connectivity index (χ0v) is 15.3. The zero-order chi connectivity index (χ0) is 19.2. The van der Waals surface area contributed by atoms with Gasteiger partial charge in [-0.15, -0.1) is 0 Å². The van der Waals surface area contributed by atoms with Gasteiger partial charge in [-0.1, -0.05) is 0 Å². The van der Waals surface area contributed by atoms with Crippen LogP contribution in [0.1, 0.15) is 16.7 Å². The van der Waals surface area contributed by atoms with Crippen molar-refractivity contribution in [2.75, 3.05) is 14.2 Å². The molecule has 3 aromatic rings. The van der Waals surface area contributed by atoms with E-state index < -0.39 is 0 Å². The van der Waals surface area contributed by atoms with Crippen LogP contribution < -0.4 is 14.9 Å². The molecular weight excluding hydrogens is 336 g/mol. The highest BCUT2D eigenvalue weighted by atomic mass is 16.5. The van der Waals surface area contributed by atoms with Crippen LogP contribution in [0.3, 0.4) is 0 Å². The standard InChI is InChI=1S/C20H20O6/c1-9-16(21)10(2)20-15(17(9)22)18(23)11(3)19(26-20)12-6-7-13(24-4)14(8-12)25-5/h6-8,21-22H,1-5H3. The Labute approximate surface area is 150 Å². The van der Waals surface area contributed by atoms with Crippen molar-refractivity contribution in [2.45, 2.75) is 20.8 Å². The molecule has 0 aliphatic heterocycles. The van der Waals surface area contributed by atoms with Crippen LogP contribution in [0.2, 0.25) is 0 Å². The molecule has 26 heavy (non-hydrogen) atoms. The first-order valence-electron chi connectivity index (χ1n) is 8.02. The van der Waals surface area contributed by atoms with Gasteiger partial charge in [0.15, 0.2) is 16.9 Å². The molecule has 1 aromatic heterocycles. The first-order chi connectivity index (χ1) is 12.3. The Morgan fingerprint density at radius 2 is 1.54 bits per heavy atom. The van der Waals surface area contributed by atoms with Gasteiger partial charge in [0, 0.05) is 22.3 Å². The lowest BCUT2D eigenvalue weighted by molar-refractivity contribution is 0.355. The molecular formula is C20H20O6. The third kappa shape index (κ3) is 2.45. The van der Waals surface area contributed by atoms with Crippen molar-refractivity contribution in [1.29, 1.82) is 0 Å². The van der Waals surface area contributed by atoms with Crippen LogP contribution in [0.25, 0.3) is 22.3 Å². The molecule has 0 aliphatic rings. The Kier molecular flexibility index (Phi) is 4.28. The molecule has 0 aliphatic carbocycles. The molecule has 0 radical (unpaired) electrons. The maximum atomic E-state index is 12.9. The number of hydrogen-bond donors (Lipinski definition) is 2. The van der Waals surface area contributed by atoms with Gasteiger partial charge in [0.25, 0.3) is 0 Å². The van der Waals surface area contributed by atoms with E-state index in [1.165, 1.54) is 14.2 Å². The summed E-state index contributed by atoms with van der Waals surface area (Å²) in [7, 11) is 3.06. The van der Waals surface area contributed by atoms with E-state index >= 15 is 0 Å². The van der Waals surface area contributed by atoms with Gasteiger partial charge in [0.05, 0.1) is 14.2 Å². The largest absolute Gasteiger partial charge is 0.507 e. The molecule has 0 bridgehead atoms. The minimum absolute atomic E-state index is 0.0690. The van der Waals surface area contributed by atoms with Crippen LogP contribution in [-0.2, 0) is 0 Å². The minimum atomic E-state index is -0.347. The number of phenols is 2. The Hall–Kier alpha value is -3.15. The Balaban J connectivity index is 2.39. The second-order valence-electron chi connectivity index (χ2n) is 6.11. The van der Waals surface area contributed by atoms with Crippen LogP contribution in [0.4, 0.5) is 0 Å². The number of phenolic OH excluding ortho intramolecular Hbond substituents is 2. The molecule has 0 spiro atoms. The number of hydrogen-bond acceptors (Lipinski definition) is 6. The molecule has 6 heteroatoms. The first kappa shape index (κ1) is 17.7. The van der Waals surface area contributed by atoms with E-state index in [2.05, 4.69) is 0 Å². The lowest BCUT2D eigenvalue weighted by atomic mass is 10.0. The fourth-order valence-electron chi connectivity index (χ4n) is 3.04. The van der Waals surface area contributed by atoms with Gasteiger partial charge in [0.2, 0.25) is 0 Å². The topological polar surface area (TPSA) is 89.1 Å². The third-order valence-corrected chi connectivity index (χ3v) is 4.63. The molecule has 136 valence electrons. The average Bonchev–Trinajstić information content (AvgIpc) is 2.66. The van der Waals surface area contributed by atoms with E-state index in [0.29, 0.717) is 33.9 Å². The van der Waals surface area contributed by atoms with E-state index in [0.717, 1.165) is 0 Å². The molecule has 0 amide bonds. The second kappa shape index (κ2) is 6.29. The lowest BCUT2D eigenvalue weighted by Gasteiger charge is -2.14. The number of rotatable bonds is 3. The number of aromatic hydroxyl groups is 2. The lowest BCUT2D eigenvalue weighted by Crippen LogP contribution is -2.09. The fraction of sp³-hybridized carbons (Fsp3) is 0.250.